The van der Waals surface area contributed by atoms with Gasteiger partial charge in [0.15, 0.2) is 5.75 Å². The Kier molecular flexibility index (Phi) is 4.55. The van der Waals surface area contributed by atoms with E-state index in [1.165, 1.54) is 5.56 Å². The first kappa shape index (κ1) is 13.1. The number of anilines is 1. The summed E-state index contributed by atoms with van der Waals surface area (Å²) in [4.78, 5) is 8.28. The lowest BCUT2D eigenvalue weighted by atomic mass is 10.1. The van der Waals surface area contributed by atoms with Crippen molar-refractivity contribution in [3.05, 3.63) is 42.2 Å². The van der Waals surface area contributed by atoms with Crippen molar-refractivity contribution in [1.82, 2.24) is 9.97 Å². The van der Waals surface area contributed by atoms with Crippen LogP contribution in [-0.4, -0.2) is 30.7 Å². The zero-order valence-corrected chi connectivity index (χ0v) is 11.1. The molecule has 5 nitrogen and oxygen atoms in total. The molecule has 1 heterocycles. The normalized spacial score (nSPS) is 10.0. The molecule has 1 aromatic carbocycles. The Morgan fingerprint density at radius 2 is 1.58 bits per heavy atom. The molecule has 1 N–H and O–H groups in total. The van der Waals surface area contributed by atoms with E-state index < -0.39 is 0 Å². The molecule has 0 aliphatic rings. The number of ether oxygens (including phenoxy) is 2. The van der Waals surface area contributed by atoms with Crippen molar-refractivity contribution in [3.63, 3.8) is 0 Å². The molecule has 0 fully saturated rings. The summed E-state index contributed by atoms with van der Waals surface area (Å²) < 4.78 is 10.1. The van der Waals surface area contributed by atoms with Crippen LogP contribution in [0.5, 0.6) is 11.5 Å². The predicted molar refractivity (Wildman–Crippen MR) is 73.8 cm³/mol. The summed E-state index contributed by atoms with van der Waals surface area (Å²) in [5, 5.41) is 3.16. The van der Waals surface area contributed by atoms with Crippen LogP contribution >= 0.6 is 0 Å². The Morgan fingerprint density at radius 1 is 0.947 bits per heavy atom. The fourth-order valence-electron chi connectivity index (χ4n) is 1.62. The van der Waals surface area contributed by atoms with Gasteiger partial charge in [-0.05, 0) is 24.1 Å². The van der Waals surface area contributed by atoms with E-state index in [0.717, 1.165) is 18.7 Å². The highest BCUT2D eigenvalue weighted by Gasteiger charge is 1.98. The molecule has 2 aromatic rings. The highest BCUT2D eigenvalue weighted by molar-refractivity contribution is 5.30. The van der Waals surface area contributed by atoms with E-state index in [4.69, 9.17) is 9.47 Å². The number of aromatic nitrogens is 2. The van der Waals surface area contributed by atoms with E-state index in [-0.39, 0.29) is 0 Å². The molecule has 0 amide bonds. The molecule has 0 bridgehead atoms. The summed E-state index contributed by atoms with van der Waals surface area (Å²) in [6.07, 6.45) is 4.19. The van der Waals surface area contributed by atoms with Gasteiger partial charge in [-0.3, -0.25) is 0 Å². The minimum Gasteiger partial charge on any atom is -0.497 e. The molecule has 0 atom stereocenters. The molecule has 5 heteroatoms. The standard InChI is InChI=1S/C14H17N3O2/c1-18-12-5-3-11(4-6-12)7-8-15-14-16-9-13(19-2)10-17-14/h3-6,9-10H,7-8H2,1-2H3,(H,15,16,17). The summed E-state index contributed by atoms with van der Waals surface area (Å²) >= 11 is 0. The van der Waals surface area contributed by atoms with Gasteiger partial charge in [0.2, 0.25) is 5.95 Å². The lowest BCUT2D eigenvalue weighted by Gasteiger charge is -2.06. The second-order valence-corrected chi connectivity index (χ2v) is 3.97. The van der Waals surface area contributed by atoms with Crippen LogP contribution in [0.3, 0.4) is 0 Å². The van der Waals surface area contributed by atoms with Gasteiger partial charge in [0.25, 0.3) is 0 Å². The summed E-state index contributed by atoms with van der Waals surface area (Å²) in [5.74, 6) is 2.13. The molecule has 0 aliphatic heterocycles. The highest BCUT2D eigenvalue weighted by atomic mass is 16.5. The van der Waals surface area contributed by atoms with Crippen LogP contribution in [-0.2, 0) is 6.42 Å². The van der Waals surface area contributed by atoms with Crippen molar-refractivity contribution in [2.45, 2.75) is 6.42 Å². The molecule has 1 aromatic heterocycles. The monoisotopic (exact) mass is 259 g/mol. The summed E-state index contributed by atoms with van der Waals surface area (Å²) in [6.45, 7) is 0.776. The van der Waals surface area contributed by atoms with Gasteiger partial charge in [0.1, 0.15) is 5.75 Å². The van der Waals surface area contributed by atoms with E-state index in [1.807, 2.05) is 12.1 Å². The minimum absolute atomic E-state index is 0.606. The average Bonchev–Trinajstić information content (AvgIpc) is 2.49. The SMILES string of the molecule is COc1ccc(CCNc2ncc(OC)cn2)cc1. The van der Waals surface area contributed by atoms with Gasteiger partial charge >= 0.3 is 0 Å². The first-order valence-corrected chi connectivity index (χ1v) is 6.04. The van der Waals surface area contributed by atoms with E-state index in [0.29, 0.717) is 11.7 Å². The Labute approximate surface area is 112 Å². The fraction of sp³-hybridized carbons (Fsp3) is 0.286. The van der Waals surface area contributed by atoms with Gasteiger partial charge in [-0.2, -0.15) is 0 Å². The van der Waals surface area contributed by atoms with Crippen molar-refractivity contribution >= 4 is 5.95 Å². The maximum absolute atomic E-state index is 5.12. The van der Waals surface area contributed by atoms with Gasteiger partial charge in [-0.15, -0.1) is 0 Å². The third-order valence-corrected chi connectivity index (χ3v) is 2.72. The third kappa shape index (κ3) is 3.84. The molecule has 0 unspecified atom stereocenters. The number of rotatable bonds is 6. The lowest BCUT2D eigenvalue weighted by Crippen LogP contribution is -2.07. The Morgan fingerprint density at radius 3 is 2.16 bits per heavy atom. The molecule has 0 spiro atoms. The second kappa shape index (κ2) is 6.58. The zero-order chi connectivity index (χ0) is 13.5. The maximum Gasteiger partial charge on any atom is 0.222 e. The van der Waals surface area contributed by atoms with E-state index in [9.17, 15) is 0 Å². The smallest absolute Gasteiger partial charge is 0.222 e. The Bertz CT molecular complexity index is 450. The number of benzene rings is 1. The Hall–Kier alpha value is -2.30. The van der Waals surface area contributed by atoms with Gasteiger partial charge in [-0.25, -0.2) is 9.97 Å². The lowest BCUT2D eigenvalue weighted by molar-refractivity contribution is 0.411. The third-order valence-electron chi connectivity index (χ3n) is 2.72. The second-order valence-electron chi connectivity index (χ2n) is 3.97. The van der Waals surface area contributed by atoms with Crippen molar-refractivity contribution in [1.29, 1.82) is 0 Å². The van der Waals surface area contributed by atoms with E-state index in [2.05, 4.69) is 27.4 Å². The molecular formula is C14H17N3O2. The number of nitrogens with zero attached hydrogens (tertiary/aromatic N) is 2. The van der Waals surface area contributed by atoms with Crippen LogP contribution in [0.1, 0.15) is 5.56 Å². The maximum atomic E-state index is 5.12. The fourth-order valence-corrected chi connectivity index (χ4v) is 1.62. The van der Waals surface area contributed by atoms with Crippen LogP contribution in [0.2, 0.25) is 0 Å². The van der Waals surface area contributed by atoms with Crippen molar-refractivity contribution in [2.75, 3.05) is 26.1 Å². The average molecular weight is 259 g/mol. The van der Waals surface area contributed by atoms with Gasteiger partial charge in [0, 0.05) is 6.54 Å². The van der Waals surface area contributed by atoms with Crippen molar-refractivity contribution < 1.29 is 9.47 Å². The minimum atomic E-state index is 0.606. The van der Waals surface area contributed by atoms with Crippen LogP contribution in [0.4, 0.5) is 5.95 Å². The molecule has 100 valence electrons. The summed E-state index contributed by atoms with van der Waals surface area (Å²) in [5.41, 5.74) is 1.24. The molecule has 2 rings (SSSR count). The van der Waals surface area contributed by atoms with Crippen LogP contribution in [0.15, 0.2) is 36.7 Å². The topological polar surface area (TPSA) is 56.3 Å². The molecule has 0 radical (unpaired) electrons. The molecule has 19 heavy (non-hydrogen) atoms. The largest absolute Gasteiger partial charge is 0.497 e. The van der Waals surface area contributed by atoms with E-state index in [1.54, 1.807) is 26.6 Å². The zero-order valence-electron chi connectivity index (χ0n) is 11.1. The quantitative estimate of drug-likeness (QED) is 0.861. The number of hydrogen-bond donors (Lipinski definition) is 1. The van der Waals surface area contributed by atoms with Crippen LogP contribution < -0.4 is 14.8 Å². The predicted octanol–water partition coefficient (Wildman–Crippen LogP) is 2.15. The number of methoxy groups -OCH3 is 2. The van der Waals surface area contributed by atoms with E-state index >= 15 is 0 Å². The van der Waals surface area contributed by atoms with Gasteiger partial charge < -0.3 is 14.8 Å². The first-order valence-electron chi connectivity index (χ1n) is 6.04. The Balaban J connectivity index is 1.81. The van der Waals surface area contributed by atoms with Crippen LogP contribution in [0.25, 0.3) is 0 Å². The van der Waals surface area contributed by atoms with Gasteiger partial charge in [0.05, 0.1) is 26.6 Å². The van der Waals surface area contributed by atoms with Gasteiger partial charge in [-0.1, -0.05) is 12.1 Å². The number of nitrogens with one attached hydrogen (secondary N) is 1. The number of hydrogen-bond acceptors (Lipinski definition) is 5. The summed E-state index contributed by atoms with van der Waals surface area (Å²) in [7, 11) is 3.26. The molecule has 0 saturated carbocycles. The van der Waals surface area contributed by atoms with Crippen molar-refractivity contribution in [3.8, 4) is 11.5 Å². The van der Waals surface area contributed by atoms with Crippen molar-refractivity contribution in [2.24, 2.45) is 0 Å². The highest BCUT2D eigenvalue weighted by Crippen LogP contribution is 2.12. The first-order chi connectivity index (χ1) is 9.31. The molecular weight excluding hydrogens is 242 g/mol. The van der Waals surface area contributed by atoms with Crippen LogP contribution in [0, 0.1) is 0 Å². The molecule has 0 saturated heterocycles. The summed E-state index contributed by atoms with van der Waals surface area (Å²) in [6, 6.07) is 8.02. The molecule has 0 aliphatic carbocycles.